The van der Waals surface area contributed by atoms with Crippen molar-refractivity contribution in [2.24, 2.45) is 0 Å². The summed E-state index contributed by atoms with van der Waals surface area (Å²) < 4.78 is 24.3. The van der Waals surface area contributed by atoms with Crippen LogP contribution in [0, 0.1) is 6.92 Å². The first-order valence-electron chi connectivity index (χ1n) is 6.47. The zero-order valence-corrected chi connectivity index (χ0v) is 13.6. The van der Waals surface area contributed by atoms with Crippen molar-refractivity contribution in [2.75, 3.05) is 17.8 Å². The van der Waals surface area contributed by atoms with E-state index >= 15 is 0 Å². The highest BCUT2D eigenvalue weighted by molar-refractivity contribution is 8.00. The van der Waals surface area contributed by atoms with Gasteiger partial charge in [-0.15, -0.1) is 11.8 Å². The van der Waals surface area contributed by atoms with Crippen molar-refractivity contribution in [3.05, 3.63) is 41.6 Å². The molecule has 0 unspecified atom stereocenters. The molecular weight excluding hydrogens is 308 g/mol. The van der Waals surface area contributed by atoms with Crippen LogP contribution in [0.2, 0.25) is 0 Å². The molecule has 5 nitrogen and oxygen atoms in total. The third-order valence-electron chi connectivity index (χ3n) is 2.99. The molecule has 0 bridgehead atoms. The maximum Gasteiger partial charge on any atom is 0.148 e. The molecule has 1 aromatic heterocycles. The molecule has 2 rings (SSSR count). The van der Waals surface area contributed by atoms with Crippen molar-refractivity contribution in [1.82, 2.24) is 9.78 Å². The van der Waals surface area contributed by atoms with E-state index in [1.807, 2.05) is 37.3 Å². The van der Waals surface area contributed by atoms with Gasteiger partial charge in [-0.2, -0.15) is 5.10 Å². The monoisotopic (exact) mass is 326 g/mol. The van der Waals surface area contributed by atoms with Crippen LogP contribution < -0.4 is 0 Å². The first-order chi connectivity index (χ1) is 9.92. The van der Waals surface area contributed by atoms with Crippen LogP contribution in [0.25, 0.3) is 5.69 Å². The van der Waals surface area contributed by atoms with Gasteiger partial charge in [0.15, 0.2) is 0 Å². The van der Waals surface area contributed by atoms with Crippen molar-refractivity contribution < 1.29 is 13.5 Å². The first kappa shape index (κ1) is 16.1. The minimum absolute atomic E-state index is 0.0988. The van der Waals surface area contributed by atoms with Gasteiger partial charge in [-0.25, -0.2) is 13.1 Å². The Labute approximate surface area is 128 Å². The fourth-order valence-corrected chi connectivity index (χ4v) is 4.30. The first-order valence-corrected chi connectivity index (χ1v) is 9.52. The van der Waals surface area contributed by atoms with Crippen molar-refractivity contribution in [1.29, 1.82) is 0 Å². The summed E-state index contributed by atoms with van der Waals surface area (Å²) >= 11 is 1.40. The molecule has 0 saturated heterocycles. The fraction of sp³-hybridized carbons (Fsp3) is 0.357. The van der Waals surface area contributed by atoms with E-state index in [1.54, 1.807) is 4.68 Å². The second-order valence-electron chi connectivity index (χ2n) is 4.75. The smallest absolute Gasteiger partial charge is 0.148 e. The SMILES string of the molecule is Cc1nn(-c2ccccc2)c(SCCS(C)(=O)=O)c1CO. The number of nitrogens with zero attached hydrogens (tertiary/aromatic N) is 2. The topological polar surface area (TPSA) is 72.2 Å². The molecule has 7 heteroatoms. The molecule has 0 saturated carbocycles. The summed E-state index contributed by atoms with van der Waals surface area (Å²) in [6.07, 6.45) is 1.22. The average Bonchev–Trinajstić information content (AvgIpc) is 2.74. The van der Waals surface area contributed by atoms with E-state index in [0.717, 1.165) is 22.0 Å². The van der Waals surface area contributed by atoms with E-state index < -0.39 is 9.84 Å². The maximum absolute atomic E-state index is 11.3. The lowest BCUT2D eigenvalue weighted by molar-refractivity contribution is 0.278. The van der Waals surface area contributed by atoms with Crippen LogP contribution >= 0.6 is 11.8 Å². The average molecular weight is 326 g/mol. The molecule has 0 aliphatic rings. The second-order valence-corrected chi connectivity index (χ2v) is 8.10. The Morgan fingerprint density at radius 2 is 1.95 bits per heavy atom. The third-order valence-corrected chi connectivity index (χ3v) is 5.29. The van der Waals surface area contributed by atoms with Crippen LogP contribution in [0.5, 0.6) is 0 Å². The van der Waals surface area contributed by atoms with E-state index in [1.165, 1.54) is 18.0 Å². The minimum atomic E-state index is -3.00. The number of para-hydroxylation sites is 1. The van der Waals surface area contributed by atoms with Gasteiger partial charge in [-0.1, -0.05) is 18.2 Å². The largest absolute Gasteiger partial charge is 0.392 e. The molecule has 1 aromatic carbocycles. The number of aryl methyl sites for hydroxylation is 1. The van der Waals surface area contributed by atoms with Gasteiger partial charge in [0.2, 0.25) is 0 Å². The third kappa shape index (κ3) is 4.09. The molecule has 0 amide bonds. The van der Waals surface area contributed by atoms with Crippen LogP contribution in [0.3, 0.4) is 0 Å². The number of aliphatic hydroxyl groups excluding tert-OH is 1. The minimum Gasteiger partial charge on any atom is -0.392 e. The number of aliphatic hydroxyl groups is 1. The Morgan fingerprint density at radius 3 is 2.52 bits per heavy atom. The Balaban J connectivity index is 2.33. The predicted octanol–water partition coefficient (Wildman–Crippen LogP) is 1.81. The molecule has 114 valence electrons. The molecule has 1 N–H and O–H groups in total. The van der Waals surface area contributed by atoms with Crippen LogP contribution in [0.15, 0.2) is 35.4 Å². The number of aromatic nitrogens is 2. The lowest BCUT2D eigenvalue weighted by Crippen LogP contribution is -2.06. The molecule has 0 atom stereocenters. The molecule has 21 heavy (non-hydrogen) atoms. The predicted molar refractivity (Wildman–Crippen MR) is 84.7 cm³/mol. The molecule has 0 aliphatic heterocycles. The van der Waals surface area contributed by atoms with E-state index in [-0.39, 0.29) is 12.4 Å². The Hall–Kier alpha value is -1.31. The van der Waals surface area contributed by atoms with Crippen LogP contribution in [-0.2, 0) is 16.4 Å². The normalized spacial score (nSPS) is 11.8. The van der Waals surface area contributed by atoms with Gasteiger partial charge in [-0.05, 0) is 19.1 Å². The van der Waals surface area contributed by atoms with E-state index in [4.69, 9.17) is 0 Å². The number of benzene rings is 1. The van der Waals surface area contributed by atoms with Gasteiger partial charge in [0.05, 0.1) is 23.7 Å². The lowest BCUT2D eigenvalue weighted by Gasteiger charge is -2.08. The summed E-state index contributed by atoms with van der Waals surface area (Å²) in [5.41, 5.74) is 2.39. The maximum atomic E-state index is 11.3. The number of thioether (sulfide) groups is 1. The van der Waals surface area contributed by atoms with E-state index in [9.17, 15) is 13.5 Å². The van der Waals surface area contributed by atoms with Gasteiger partial charge < -0.3 is 5.11 Å². The van der Waals surface area contributed by atoms with E-state index in [2.05, 4.69) is 5.10 Å². The van der Waals surface area contributed by atoms with Gasteiger partial charge in [-0.3, -0.25) is 0 Å². The van der Waals surface area contributed by atoms with E-state index in [0.29, 0.717) is 5.75 Å². The van der Waals surface area contributed by atoms with Crippen molar-refractivity contribution in [2.45, 2.75) is 18.6 Å². The molecular formula is C14H18N2O3S2. The number of hydrogen-bond acceptors (Lipinski definition) is 5. The fourth-order valence-electron chi connectivity index (χ4n) is 1.90. The zero-order valence-electron chi connectivity index (χ0n) is 12.0. The molecule has 1 heterocycles. The van der Waals surface area contributed by atoms with Crippen LogP contribution in [0.4, 0.5) is 0 Å². The summed E-state index contributed by atoms with van der Waals surface area (Å²) in [4.78, 5) is 0. The Morgan fingerprint density at radius 1 is 1.29 bits per heavy atom. The number of hydrogen-bond donors (Lipinski definition) is 1. The molecule has 2 aromatic rings. The van der Waals surface area contributed by atoms with Gasteiger partial charge in [0.1, 0.15) is 14.9 Å². The van der Waals surface area contributed by atoms with Gasteiger partial charge in [0.25, 0.3) is 0 Å². The molecule has 0 aliphatic carbocycles. The number of sulfone groups is 1. The highest BCUT2D eigenvalue weighted by Crippen LogP contribution is 2.28. The lowest BCUT2D eigenvalue weighted by atomic mass is 10.3. The highest BCUT2D eigenvalue weighted by atomic mass is 32.2. The quantitative estimate of drug-likeness (QED) is 0.820. The van der Waals surface area contributed by atoms with Crippen LogP contribution in [-0.4, -0.2) is 41.1 Å². The molecule has 0 radical (unpaired) electrons. The van der Waals surface area contributed by atoms with Crippen molar-refractivity contribution >= 4 is 21.6 Å². The summed E-state index contributed by atoms with van der Waals surface area (Å²) in [5.74, 6) is 0.533. The summed E-state index contributed by atoms with van der Waals surface area (Å²) in [6, 6.07) is 9.59. The van der Waals surface area contributed by atoms with Crippen molar-refractivity contribution in [3.63, 3.8) is 0 Å². The highest BCUT2D eigenvalue weighted by Gasteiger charge is 2.16. The van der Waals surface area contributed by atoms with Crippen molar-refractivity contribution in [3.8, 4) is 5.69 Å². The Kier molecular flexibility index (Phi) is 5.08. The van der Waals surface area contributed by atoms with Gasteiger partial charge >= 0.3 is 0 Å². The Bertz CT molecular complexity index is 709. The zero-order chi connectivity index (χ0) is 15.5. The van der Waals surface area contributed by atoms with Gasteiger partial charge in [0, 0.05) is 17.6 Å². The molecule has 0 fully saturated rings. The summed E-state index contributed by atoms with van der Waals surface area (Å²) in [5, 5.41) is 14.8. The molecule has 0 spiro atoms. The number of rotatable bonds is 6. The summed E-state index contributed by atoms with van der Waals surface area (Å²) in [6.45, 7) is 1.73. The summed E-state index contributed by atoms with van der Waals surface area (Å²) in [7, 11) is -3.00. The van der Waals surface area contributed by atoms with Crippen LogP contribution in [0.1, 0.15) is 11.3 Å². The standard InChI is InChI=1S/C14H18N2O3S2/c1-11-13(10-17)14(20-8-9-21(2,18)19)16(15-11)12-6-4-3-5-7-12/h3-7,17H,8-10H2,1-2H3. The second kappa shape index (κ2) is 6.64.